The number of rotatable bonds is 15. The van der Waals surface area contributed by atoms with Crippen molar-refractivity contribution in [2.75, 3.05) is 17.2 Å². The van der Waals surface area contributed by atoms with Gasteiger partial charge >= 0.3 is 0 Å². The number of carbonyl (C=O) groups is 4. The maximum atomic E-state index is 12.8. The molecule has 0 aliphatic heterocycles. The molecule has 0 saturated carbocycles. The Hall–Kier alpha value is -2.98. The predicted octanol–water partition coefficient (Wildman–Crippen LogP) is 5.22. The molecule has 1 unspecified atom stereocenters. The molecular weight excluding hydrogens is 500 g/mol. The van der Waals surface area contributed by atoms with E-state index in [0.717, 1.165) is 5.92 Å². The van der Waals surface area contributed by atoms with E-state index < -0.39 is 17.9 Å². The molecule has 1 rings (SSSR count). The highest BCUT2D eigenvalue weighted by atomic mass is 16.7. The first-order valence-corrected chi connectivity index (χ1v) is 13.8. The van der Waals surface area contributed by atoms with Crippen LogP contribution in [-0.2, 0) is 28.9 Å². The summed E-state index contributed by atoms with van der Waals surface area (Å²) >= 11 is 0. The number of nitrogens with one attached hydrogen (secondary N) is 4. The minimum Gasteiger partial charge on any atom is -0.324 e. The molecule has 0 fully saturated rings. The van der Waals surface area contributed by atoms with Crippen molar-refractivity contribution in [1.82, 2.24) is 11.0 Å². The highest BCUT2D eigenvalue weighted by Crippen LogP contribution is 2.17. The van der Waals surface area contributed by atoms with Gasteiger partial charge in [-0.2, -0.15) is 0 Å². The highest BCUT2D eigenvalue weighted by molar-refractivity contribution is 5.96. The van der Waals surface area contributed by atoms with Crippen LogP contribution in [0.3, 0.4) is 0 Å². The van der Waals surface area contributed by atoms with Crippen LogP contribution in [0.1, 0.15) is 88.0 Å². The number of hydroxylamine groups is 2. The lowest BCUT2D eigenvalue weighted by molar-refractivity contribution is -0.147. The predicted molar refractivity (Wildman–Crippen MR) is 154 cm³/mol. The van der Waals surface area contributed by atoms with Gasteiger partial charge in [0, 0.05) is 24.2 Å². The third-order valence-corrected chi connectivity index (χ3v) is 5.10. The average Bonchev–Trinajstić information content (AvgIpc) is 2.81. The molecule has 39 heavy (non-hydrogen) atoms. The van der Waals surface area contributed by atoms with Gasteiger partial charge in [0.05, 0.1) is 0 Å². The topological polar surface area (TPSA) is 135 Å². The van der Waals surface area contributed by atoms with E-state index >= 15 is 0 Å². The molecule has 1 aromatic rings. The lowest BCUT2D eigenvalue weighted by atomic mass is 10.1. The Balaban J connectivity index is 0.00000263. The highest BCUT2D eigenvalue weighted by Gasteiger charge is 2.23. The molecule has 0 saturated heterocycles. The standard InChI is InChI=1S/C24H38N4O6.C5H12/c1-15(2)10-20(34-28-22(30)12-17(5)6)24(32)26-19-9-7-8-18(13-19)25-23(31)14-33-27-21(29)11-16(3)4;1-4-5(2)3/h7-9,13,15-17,20H,10-12,14H2,1-6H3,(H,25,31)(H,26,32)(H,27,29)(H,28,30);5H,4H2,1-3H3. The van der Waals surface area contributed by atoms with Crippen LogP contribution < -0.4 is 21.6 Å². The molecule has 4 N–H and O–H groups in total. The first-order chi connectivity index (χ1) is 18.2. The van der Waals surface area contributed by atoms with Crippen molar-refractivity contribution in [3.05, 3.63) is 24.3 Å². The fourth-order valence-electron chi connectivity index (χ4n) is 2.88. The molecular formula is C29H50N4O6. The Bertz CT molecular complexity index is 886. The van der Waals surface area contributed by atoms with E-state index in [0.29, 0.717) is 30.6 Å². The minimum atomic E-state index is -0.878. The van der Waals surface area contributed by atoms with Gasteiger partial charge in [0.2, 0.25) is 11.8 Å². The van der Waals surface area contributed by atoms with Gasteiger partial charge in [-0.3, -0.25) is 28.9 Å². The Morgan fingerprint density at radius 2 is 1.23 bits per heavy atom. The molecule has 222 valence electrons. The summed E-state index contributed by atoms with van der Waals surface area (Å²) < 4.78 is 0. The minimum absolute atomic E-state index is 0.157. The molecule has 0 aliphatic carbocycles. The SMILES string of the molecule is CC(C)CC(=O)NOCC(=O)Nc1cccc(NC(=O)C(CC(C)C)ONC(=O)CC(C)C)c1.CCC(C)C. The first kappa shape index (κ1) is 36.0. The molecule has 1 aromatic carbocycles. The number of amides is 4. The van der Waals surface area contributed by atoms with Crippen molar-refractivity contribution >= 4 is 35.0 Å². The summed E-state index contributed by atoms with van der Waals surface area (Å²) in [6.45, 7) is 17.8. The maximum absolute atomic E-state index is 12.8. The molecule has 4 amide bonds. The normalized spacial score (nSPS) is 11.6. The summed E-state index contributed by atoms with van der Waals surface area (Å²) in [4.78, 5) is 58.6. The summed E-state index contributed by atoms with van der Waals surface area (Å²) in [5.41, 5.74) is 5.47. The lowest BCUT2D eigenvalue weighted by Gasteiger charge is -2.19. The zero-order valence-electron chi connectivity index (χ0n) is 25.2. The van der Waals surface area contributed by atoms with Crippen LogP contribution in [0.2, 0.25) is 0 Å². The largest absolute Gasteiger partial charge is 0.324 e. The fourth-order valence-corrected chi connectivity index (χ4v) is 2.88. The molecule has 0 aliphatic rings. The third-order valence-electron chi connectivity index (χ3n) is 5.10. The number of hydrogen-bond donors (Lipinski definition) is 4. The second-order valence-electron chi connectivity index (χ2n) is 11.2. The van der Waals surface area contributed by atoms with Crippen LogP contribution in [0.4, 0.5) is 11.4 Å². The molecule has 0 radical (unpaired) electrons. The summed E-state index contributed by atoms with van der Waals surface area (Å²) in [6, 6.07) is 6.56. The Kier molecular flexibility index (Phi) is 18.5. The molecule has 0 spiro atoms. The van der Waals surface area contributed by atoms with Gasteiger partial charge < -0.3 is 10.6 Å². The fraction of sp³-hybridized carbons (Fsp3) is 0.655. The van der Waals surface area contributed by atoms with Gasteiger partial charge in [-0.1, -0.05) is 74.8 Å². The van der Waals surface area contributed by atoms with Gasteiger partial charge in [-0.15, -0.1) is 0 Å². The summed E-state index contributed by atoms with van der Waals surface area (Å²) in [7, 11) is 0. The van der Waals surface area contributed by atoms with Gasteiger partial charge in [-0.05, 0) is 48.3 Å². The van der Waals surface area contributed by atoms with E-state index in [1.165, 1.54) is 6.42 Å². The van der Waals surface area contributed by atoms with Crippen molar-refractivity contribution < 1.29 is 28.9 Å². The van der Waals surface area contributed by atoms with Crippen molar-refractivity contribution in [2.45, 2.75) is 94.1 Å². The summed E-state index contributed by atoms with van der Waals surface area (Å²) in [5.74, 6) is -0.0901. The van der Waals surface area contributed by atoms with E-state index in [1.54, 1.807) is 24.3 Å². The maximum Gasteiger partial charge on any atom is 0.256 e. The van der Waals surface area contributed by atoms with Crippen LogP contribution in [0.15, 0.2) is 24.3 Å². The van der Waals surface area contributed by atoms with Crippen LogP contribution >= 0.6 is 0 Å². The van der Waals surface area contributed by atoms with E-state index in [9.17, 15) is 19.2 Å². The van der Waals surface area contributed by atoms with Crippen LogP contribution in [0, 0.1) is 23.7 Å². The third kappa shape index (κ3) is 19.7. The second-order valence-corrected chi connectivity index (χ2v) is 11.2. The van der Waals surface area contributed by atoms with Crippen LogP contribution in [-0.4, -0.2) is 36.3 Å². The van der Waals surface area contributed by atoms with Gasteiger partial charge in [0.25, 0.3) is 11.8 Å². The van der Waals surface area contributed by atoms with Crippen LogP contribution in [0.5, 0.6) is 0 Å². The molecule has 0 heterocycles. The second kappa shape index (κ2) is 20.0. The zero-order chi connectivity index (χ0) is 30.0. The van der Waals surface area contributed by atoms with Gasteiger partial charge in [-0.25, -0.2) is 11.0 Å². The first-order valence-electron chi connectivity index (χ1n) is 13.8. The molecule has 1 atom stereocenters. The van der Waals surface area contributed by atoms with E-state index in [2.05, 4.69) is 42.4 Å². The number of carbonyl (C=O) groups excluding carboxylic acids is 4. The monoisotopic (exact) mass is 550 g/mol. The Morgan fingerprint density at radius 1 is 0.718 bits per heavy atom. The number of hydrogen-bond acceptors (Lipinski definition) is 6. The van der Waals surface area contributed by atoms with E-state index in [4.69, 9.17) is 9.68 Å². The Labute approximate surface area is 234 Å². The van der Waals surface area contributed by atoms with Crippen molar-refractivity contribution in [1.29, 1.82) is 0 Å². The number of anilines is 2. The molecule has 0 bridgehead atoms. The quantitative estimate of drug-likeness (QED) is 0.221. The summed E-state index contributed by atoms with van der Waals surface area (Å²) in [5, 5.41) is 5.38. The van der Waals surface area contributed by atoms with E-state index in [-0.39, 0.29) is 36.2 Å². The lowest BCUT2D eigenvalue weighted by Crippen LogP contribution is -2.38. The van der Waals surface area contributed by atoms with Crippen LogP contribution in [0.25, 0.3) is 0 Å². The smallest absolute Gasteiger partial charge is 0.256 e. The summed E-state index contributed by atoms with van der Waals surface area (Å²) in [6.07, 6.45) is 1.43. The zero-order valence-corrected chi connectivity index (χ0v) is 25.2. The van der Waals surface area contributed by atoms with Crippen molar-refractivity contribution in [3.63, 3.8) is 0 Å². The van der Waals surface area contributed by atoms with E-state index in [1.807, 2.05) is 41.5 Å². The number of benzene rings is 1. The van der Waals surface area contributed by atoms with Gasteiger partial charge in [0.15, 0.2) is 12.7 Å². The Morgan fingerprint density at radius 3 is 1.72 bits per heavy atom. The average molecular weight is 551 g/mol. The van der Waals surface area contributed by atoms with Crippen molar-refractivity contribution in [2.24, 2.45) is 23.7 Å². The van der Waals surface area contributed by atoms with Crippen molar-refractivity contribution in [3.8, 4) is 0 Å². The molecule has 0 aromatic heterocycles. The molecule has 10 heteroatoms. The van der Waals surface area contributed by atoms with Gasteiger partial charge in [0.1, 0.15) is 0 Å². The molecule has 10 nitrogen and oxygen atoms in total.